The molecule has 7 nitrogen and oxygen atoms in total. The minimum absolute atomic E-state index is 0.602. The smallest absolute Gasteiger partial charge is 0.224 e. The maximum Gasteiger partial charge on any atom is 0.224 e. The highest BCUT2D eigenvalue weighted by molar-refractivity contribution is 5.70. The van der Waals surface area contributed by atoms with E-state index in [-0.39, 0.29) is 0 Å². The minimum atomic E-state index is 0.602. The van der Waals surface area contributed by atoms with Crippen molar-refractivity contribution in [2.45, 2.75) is 6.92 Å². The second-order valence-electron chi connectivity index (χ2n) is 4.78. The highest BCUT2D eigenvalue weighted by Crippen LogP contribution is 2.10. The number of aromatic nitrogens is 5. The lowest BCUT2D eigenvalue weighted by Gasteiger charge is -2.09. The second kappa shape index (κ2) is 5.74. The van der Waals surface area contributed by atoms with Gasteiger partial charge in [-0.25, -0.2) is 15.0 Å². The first kappa shape index (κ1) is 13.3. The predicted molar refractivity (Wildman–Crippen MR) is 82.3 cm³/mol. The van der Waals surface area contributed by atoms with Gasteiger partial charge in [-0.05, 0) is 18.6 Å². The highest BCUT2D eigenvalue weighted by Gasteiger charge is 2.04. The van der Waals surface area contributed by atoms with E-state index in [1.54, 1.807) is 18.7 Å². The van der Waals surface area contributed by atoms with Gasteiger partial charge in [-0.15, -0.1) is 0 Å². The molecule has 0 fully saturated rings. The van der Waals surface area contributed by atoms with Crippen LogP contribution in [0.25, 0.3) is 11.2 Å². The van der Waals surface area contributed by atoms with Gasteiger partial charge >= 0.3 is 0 Å². The van der Waals surface area contributed by atoms with Crippen molar-refractivity contribution >= 4 is 22.9 Å². The Kier molecular flexibility index (Phi) is 3.63. The number of anilines is 2. The quantitative estimate of drug-likeness (QED) is 0.692. The normalized spacial score (nSPS) is 10.8. The SMILES string of the molecule is Cc1cccnc1NCCNc1ncc2ncn(C)c2n1. The van der Waals surface area contributed by atoms with Gasteiger partial charge in [-0.2, -0.15) is 4.98 Å². The first-order chi connectivity index (χ1) is 10.2. The van der Waals surface area contributed by atoms with Crippen molar-refractivity contribution in [1.29, 1.82) is 0 Å². The molecule has 3 aromatic rings. The molecule has 7 heteroatoms. The lowest BCUT2D eigenvalue weighted by atomic mass is 10.3. The van der Waals surface area contributed by atoms with E-state index in [9.17, 15) is 0 Å². The number of aryl methyl sites for hydroxylation is 2. The van der Waals surface area contributed by atoms with Crippen molar-refractivity contribution in [3.8, 4) is 0 Å². The van der Waals surface area contributed by atoms with Crippen LogP contribution in [-0.2, 0) is 7.05 Å². The van der Waals surface area contributed by atoms with Crippen LogP contribution in [0.5, 0.6) is 0 Å². The molecule has 0 saturated heterocycles. The fourth-order valence-corrected chi connectivity index (χ4v) is 2.03. The van der Waals surface area contributed by atoms with E-state index >= 15 is 0 Å². The molecule has 3 rings (SSSR count). The molecule has 0 saturated carbocycles. The summed E-state index contributed by atoms with van der Waals surface area (Å²) in [7, 11) is 1.91. The maximum atomic E-state index is 4.43. The van der Waals surface area contributed by atoms with Crippen LogP contribution in [-0.4, -0.2) is 37.6 Å². The number of hydrogen-bond acceptors (Lipinski definition) is 6. The molecule has 0 spiro atoms. The molecular formula is C14H17N7. The van der Waals surface area contributed by atoms with E-state index in [0.717, 1.165) is 29.1 Å². The summed E-state index contributed by atoms with van der Waals surface area (Å²) < 4.78 is 1.87. The number of hydrogen-bond donors (Lipinski definition) is 2. The Bertz CT molecular complexity index is 750. The molecule has 0 bridgehead atoms. The van der Waals surface area contributed by atoms with E-state index in [1.807, 2.05) is 30.7 Å². The Hall–Kier alpha value is -2.70. The summed E-state index contributed by atoms with van der Waals surface area (Å²) in [5.74, 6) is 1.51. The van der Waals surface area contributed by atoms with E-state index in [2.05, 4.69) is 30.6 Å². The number of rotatable bonds is 5. The number of nitrogens with one attached hydrogen (secondary N) is 2. The monoisotopic (exact) mass is 283 g/mol. The molecule has 0 aromatic carbocycles. The predicted octanol–water partition coefficient (Wildman–Crippen LogP) is 1.59. The van der Waals surface area contributed by atoms with Crippen LogP contribution in [0.15, 0.2) is 30.9 Å². The van der Waals surface area contributed by atoms with Crippen LogP contribution in [0, 0.1) is 6.92 Å². The number of fused-ring (bicyclic) bond motifs is 1. The largest absolute Gasteiger partial charge is 0.368 e. The highest BCUT2D eigenvalue weighted by atomic mass is 15.2. The van der Waals surface area contributed by atoms with Gasteiger partial charge in [0, 0.05) is 26.3 Å². The van der Waals surface area contributed by atoms with E-state index < -0.39 is 0 Å². The van der Waals surface area contributed by atoms with Crippen molar-refractivity contribution in [2.24, 2.45) is 7.05 Å². The van der Waals surface area contributed by atoms with Gasteiger partial charge in [0.15, 0.2) is 5.65 Å². The molecule has 0 radical (unpaired) electrons. The Morgan fingerprint density at radius 3 is 2.86 bits per heavy atom. The van der Waals surface area contributed by atoms with Crippen molar-refractivity contribution in [1.82, 2.24) is 24.5 Å². The number of nitrogens with zero attached hydrogens (tertiary/aromatic N) is 5. The average molecular weight is 283 g/mol. The lowest BCUT2D eigenvalue weighted by Crippen LogP contribution is -2.16. The third-order valence-electron chi connectivity index (χ3n) is 3.16. The summed E-state index contributed by atoms with van der Waals surface area (Å²) in [5.41, 5.74) is 2.75. The summed E-state index contributed by atoms with van der Waals surface area (Å²) in [6.45, 7) is 3.48. The van der Waals surface area contributed by atoms with Crippen molar-refractivity contribution in [3.05, 3.63) is 36.4 Å². The molecule has 0 aliphatic carbocycles. The number of imidazole rings is 1. The van der Waals surface area contributed by atoms with Gasteiger partial charge in [0.25, 0.3) is 0 Å². The molecule has 0 aliphatic heterocycles. The van der Waals surface area contributed by atoms with E-state index in [1.165, 1.54) is 0 Å². The van der Waals surface area contributed by atoms with Crippen LogP contribution in [0.2, 0.25) is 0 Å². The Labute approximate surface area is 122 Å². The molecule has 3 aromatic heterocycles. The average Bonchev–Trinajstić information content (AvgIpc) is 2.86. The van der Waals surface area contributed by atoms with Crippen LogP contribution >= 0.6 is 0 Å². The Morgan fingerprint density at radius 1 is 1.14 bits per heavy atom. The summed E-state index contributed by atoms with van der Waals surface area (Å²) >= 11 is 0. The van der Waals surface area contributed by atoms with Crippen LogP contribution in [0.4, 0.5) is 11.8 Å². The third-order valence-corrected chi connectivity index (χ3v) is 3.16. The standard InChI is InChI=1S/C14H17N7/c1-10-4-3-5-15-12(10)16-6-7-17-14-18-8-11-13(20-14)21(2)9-19-11/h3-5,8-9H,6-7H2,1-2H3,(H,15,16)(H,17,18,20). The van der Waals surface area contributed by atoms with Gasteiger partial charge < -0.3 is 15.2 Å². The van der Waals surface area contributed by atoms with Crippen LogP contribution < -0.4 is 10.6 Å². The Morgan fingerprint density at radius 2 is 2.00 bits per heavy atom. The third kappa shape index (κ3) is 2.91. The molecular weight excluding hydrogens is 266 g/mol. The molecule has 108 valence electrons. The van der Waals surface area contributed by atoms with Crippen molar-refractivity contribution in [2.75, 3.05) is 23.7 Å². The molecule has 0 aliphatic rings. The number of pyridine rings is 1. The second-order valence-corrected chi connectivity index (χ2v) is 4.78. The van der Waals surface area contributed by atoms with Crippen molar-refractivity contribution in [3.63, 3.8) is 0 Å². The van der Waals surface area contributed by atoms with Gasteiger partial charge in [0.1, 0.15) is 11.3 Å². The molecule has 21 heavy (non-hydrogen) atoms. The fraction of sp³-hybridized carbons (Fsp3) is 0.286. The molecule has 0 unspecified atom stereocenters. The van der Waals surface area contributed by atoms with Gasteiger partial charge in [-0.1, -0.05) is 6.07 Å². The zero-order chi connectivity index (χ0) is 14.7. The molecule has 3 heterocycles. The van der Waals surface area contributed by atoms with Crippen LogP contribution in [0.1, 0.15) is 5.56 Å². The van der Waals surface area contributed by atoms with Crippen molar-refractivity contribution < 1.29 is 0 Å². The summed E-state index contributed by atoms with van der Waals surface area (Å²) in [4.78, 5) is 17.2. The van der Waals surface area contributed by atoms with E-state index in [4.69, 9.17) is 0 Å². The minimum Gasteiger partial charge on any atom is -0.368 e. The van der Waals surface area contributed by atoms with E-state index in [0.29, 0.717) is 12.5 Å². The van der Waals surface area contributed by atoms with Crippen LogP contribution in [0.3, 0.4) is 0 Å². The summed E-state index contributed by atoms with van der Waals surface area (Å²) in [6.07, 6.45) is 5.23. The van der Waals surface area contributed by atoms with Gasteiger partial charge in [0.2, 0.25) is 5.95 Å². The molecule has 0 amide bonds. The topological polar surface area (TPSA) is 80.5 Å². The Balaban J connectivity index is 1.57. The molecule has 0 atom stereocenters. The summed E-state index contributed by atoms with van der Waals surface area (Å²) in [6, 6.07) is 3.96. The summed E-state index contributed by atoms with van der Waals surface area (Å²) in [5, 5.41) is 6.47. The van der Waals surface area contributed by atoms with Gasteiger partial charge in [-0.3, -0.25) is 0 Å². The zero-order valence-corrected chi connectivity index (χ0v) is 12.0. The van der Waals surface area contributed by atoms with Gasteiger partial charge in [0.05, 0.1) is 12.5 Å². The first-order valence-electron chi connectivity index (χ1n) is 6.77. The zero-order valence-electron chi connectivity index (χ0n) is 12.0. The molecule has 2 N–H and O–H groups in total. The maximum absolute atomic E-state index is 4.43. The fourth-order valence-electron chi connectivity index (χ4n) is 2.03. The lowest BCUT2D eigenvalue weighted by molar-refractivity contribution is 0.925. The first-order valence-corrected chi connectivity index (χ1v) is 6.77.